The molecule has 0 amide bonds. The number of nitro groups is 1. The Kier molecular flexibility index (Phi) is 6.09. The number of nitrogens with zero attached hydrogens (tertiary/aromatic N) is 2. The molecule has 0 heterocycles. The lowest BCUT2D eigenvalue weighted by Crippen LogP contribution is -2.29. The molecule has 1 aromatic rings. The van der Waals surface area contributed by atoms with Crippen molar-refractivity contribution in [2.45, 2.75) is 18.2 Å². The summed E-state index contributed by atoms with van der Waals surface area (Å²) in [7, 11) is -0.858. The first kappa shape index (κ1) is 17.8. The molecule has 1 aromatic carbocycles. The number of benzene rings is 1. The third-order valence-corrected chi connectivity index (χ3v) is 5.25. The van der Waals surface area contributed by atoms with Crippen LogP contribution in [0.15, 0.2) is 17.0 Å². The van der Waals surface area contributed by atoms with Gasteiger partial charge in [-0.3, -0.25) is 10.1 Å². The van der Waals surface area contributed by atoms with Crippen LogP contribution in [0.1, 0.15) is 12.0 Å². The lowest BCUT2D eigenvalue weighted by molar-refractivity contribution is -0.384. The molecule has 0 aromatic heterocycles. The highest BCUT2D eigenvalue weighted by atomic mass is 35.5. The summed E-state index contributed by atoms with van der Waals surface area (Å²) in [6.45, 7) is 2.23. The van der Waals surface area contributed by atoms with Gasteiger partial charge in [-0.2, -0.15) is 0 Å². The predicted molar refractivity (Wildman–Crippen MR) is 79.2 cm³/mol. The van der Waals surface area contributed by atoms with E-state index in [1.807, 2.05) is 0 Å². The fourth-order valence-electron chi connectivity index (χ4n) is 1.78. The number of nitro benzene ring substituents is 1. The number of hydrogen-bond acceptors (Lipinski definition) is 5. The van der Waals surface area contributed by atoms with E-state index in [4.69, 9.17) is 16.3 Å². The summed E-state index contributed by atoms with van der Waals surface area (Å²) in [6, 6.07) is 2.29. The summed E-state index contributed by atoms with van der Waals surface area (Å²) >= 11 is 5.76. The van der Waals surface area contributed by atoms with Crippen molar-refractivity contribution in [2.75, 3.05) is 27.3 Å². The monoisotopic (exact) mass is 336 g/mol. The fraction of sp³-hybridized carbons (Fsp3) is 0.500. The molecule has 0 unspecified atom stereocenters. The summed E-state index contributed by atoms with van der Waals surface area (Å²) in [5.41, 5.74) is -0.0599. The van der Waals surface area contributed by atoms with Crippen LogP contribution in [-0.4, -0.2) is 45.0 Å². The SMILES string of the molecule is COCCCN(C)S(=O)(=O)c1cc([N+](=O)[O-])c(Cl)cc1C. The van der Waals surface area contributed by atoms with E-state index in [0.717, 1.165) is 10.4 Å². The standard InChI is InChI=1S/C12H17ClN2O5S/c1-9-7-10(13)11(15(16)17)8-12(9)21(18,19)14(2)5-4-6-20-3/h7-8H,4-6H2,1-3H3. The highest BCUT2D eigenvalue weighted by Crippen LogP contribution is 2.31. The molecular formula is C12H17ClN2O5S. The molecule has 0 aliphatic heterocycles. The second-order valence-corrected chi connectivity index (χ2v) is 6.92. The van der Waals surface area contributed by atoms with Gasteiger partial charge < -0.3 is 4.74 Å². The molecule has 0 saturated heterocycles. The molecule has 0 bridgehead atoms. The van der Waals surface area contributed by atoms with Gasteiger partial charge in [0.15, 0.2) is 0 Å². The normalized spacial score (nSPS) is 11.9. The van der Waals surface area contributed by atoms with Crippen LogP contribution in [0.2, 0.25) is 5.02 Å². The third kappa shape index (κ3) is 4.13. The van der Waals surface area contributed by atoms with Gasteiger partial charge >= 0.3 is 0 Å². The highest BCUT2D eigenvalue weighted by molar-refractivity contribution is 7.89. The van der Waals surface area contributed by atoms with Crippen LogP contribution in [0.4, 0.5) is 5.69 Å². The van der Waals surface area contributed by atoms with Crippen LogP contribution < -0.4 is 0 Å². The molecule has 0 radical (unpaired) electrons. The van der Waals surface area contributed by atoms with Gasteiger partial charge in [-0.25, -0.2) is 12.7 Å². The van der Waals surface area contributed by atoms with E-state index >= 15 is 0 Å². The molecule has 9 heteroatoms. The molecule has 0 N–H and O–H groups in total. The molecule has 7 nitrogen and oxygen atoms in total. The van der Waals surface area contributed by atoms with Crippen LogP contribution in [0.25, 0.3) is 0 Å². The van der Waals surface area contributed by atoms with Gasteiger partial charge in [0.05, 0.1) is 9.82 Å². The van der Waals surface area contributed by atoms with Gasteiger partial charge in [-0.1, -0.05) is 11.6 Å². The van der Waals surface area contributed by atoms with Crippen LogP contribution in [0.3, 0.4) is 0 Å². The first-order valence-electron chi connectivity index (χ1n) is 6.11. The minimum Gasteiger partial charge on any atom is -0.385 e. The summed E-state index contributed by atoms with van der Waals surface area (Å²) in [5.74, 6) is 0. The fourth-order valence-corrected chi connectivity index (χ4v) is 3.50. The van der Waals surface area contributed by atoms with Crippen LogP contribution in [0.5, 0.6) is 0 Å². The summed E-state index contributed by atoms with van der Waals surface area (Å²) < 4.78 is 30.9. The third-order valence-electron chi connectivity index (χ3n) is 2.95. The average molecular weight is 337 g/mol. The smallest absolute Gasteiger partial charge is 0.289 e. The van der Waals surface area contributed by atoms with E-state index in [9.17, 15) is 18.5 Å². The second kappa shape index (κ2) is 7.17. The Morgan fingerprint density at radius 3 is 2.57 bits per heavy atom. The zero-order chi connectivity index (χ0) is 16.2. The van der Waals surface area contributed by atoms with Crippen molar-refractivity contribution in [3.63, 3.8) is 0 Å². The molecule has 0 spiro atoms. The maximum absolute atomic E-state index is 12.5. The molecule has 0 saturated carbocycles. The van der Waals surface area contributed by atoms with Gasteiger partial charge in [0.2, 0.25) is 10.0 Å². The minimum atomic E-state index is -3.81. The van der Waals surface area contributed by atoms with E-state index in [1.165, 1.54) is 20.2 Å². The van der Waals surface area contributed by atoms with Gasteiger partial charge in [0.1, 0.15) is 5.02 Å². The number of methoxy groups -OCH3 is 1. The number of aryl methyl sites for hydroxylation is 1. The van der Waals surface area contributed by atoms with E-state index in [0.29, 0.717) is 18.6 Å². The van der Waals surface area contributed by atoms with E-state index < -0.39 is 20.6 Å². The first-order valence-corrected chi connectivity index (χ1v) is 7.93. The Morgan fingerprint density at radius 1 is 1.43 bits per heavy atom. The lowest BCUT2D eigenvalue weighted by atomic mass is 10.2. The van der Waals surface area contributed by atoms with Crippen LogP contribution in [0, 0.1) is 17.0 Å². The maximum atomic E-state index is 12.5. The van der Waals surface area contributed by atoms with Crippen molar-refractivity contribution >= 4 is 27.3 Å². The van der Waals surface area contributed by atoms with Crippen LogP contribution >= 0.6 is 11.6 Å². The molecule has 21 heavy (non-hydrogen) atoms. The molecule has 0 aliphatic carbocycles. The Bertz CT molecular complexity index is 633. The van der Waals surface area contributed by atoms with Crippen molar-refractivity contribution in [3.05, 3.63) is 32.8 Å². The number of halogens is 1. The van der Waals surface area contributed by atoms with Crippen molar-refractivity contribution < 1.29 is 18.1 Å². The first-order chi connectivity index (χ1) is 9.71. The van der Waals surface area contributed by atoms with Crippen LogP contribution in [-0.2, 0) is 14.8 Å². The van der Waals surface area contributed by atoms with Gasteiger partial charge in [-0.15, -0.1) is 0 Å². The summed E-state index contributed by atoms with van der Waals surface area (Å²) in [6.07, 6.45) is 0.529. The highest BCUT2D eigenvalue weighted by Gasteiger charge is 2.26. The maximum Gasteiger partial charge on any atom is 0.289 e. The second-order valence-electron chi connectivity index (χ2n) is 4.50. The zero-order valence-electron chi connectivity index (χ0n) is 12.0. The van der Waals surface area contributed by atoms with Gasteiger partial charge in [0.25, 0.3) is 5.69 Å². The number of sulfonamides is 1. The average Bonchev–Trinajstić information content (AvgIpc) is 2.37. The van der Waals surface area contributed by atoms with E-state index in [-0.39, 0.29) is 16.5 Å². The van der Waals surface area contributed by atoms with Crippen molar-refractivity contribution in [1.82, 2.24) is 4.31 Å². The lowest BCUT2D eigenvalue weighted by Gasteiger charge is -2.18. The number of rotatable bonds is 7. The Labute approximate surface area is 128 Å². The minimum absolute atomic E-state index is 0.0847. The zero-order valence-corrected chi connectivity index (χ0v) is 13.6. The van der Waals surface area contributed by atoms with Gasteiger partial charge in [-0.05, 0) is 25.0 Å². The quantitative estimate of drug-likeness (QED) is 0.432. The Morgan fingerprint density at radius 2 is 2.05 bits per heavy atom. The number of hydrogen-bond donors (Lipinski definition) is 0. The molecule has 0 aliphatic rings. The molecule has 1 rings (SSSR count). The topological polar surface area (TPSA) is 89.8 Å². The van der Waals surface area contributed by atoms with E-state index in [2.05, 4.69) is 0 Å². The molecule has 0 fully saturated rings. The Balaban J connectivity index is 3.19. The largest absolute Gasteiger partial charge is 0.385 e. The summed E-state index contributed by atoms with van der Waals surface area (Å²) in [4.78, 5) is 10.1. The Hall–Kier alpha value is -1.22. The van der Waals surface area contributed by atoms with Gasteiger partial charge in [0, 0.05) is 33.4 Å². The molecular weight excluding hydrogens is 320 g/mol. The molecule has 0 atom stereocenters. The van der Waals surface area contributed by atoms with Crippen molar-refractivity contribution in [3.8, 4) is 0 Å². The van der Waals surface area contributed by atoms with E-state index in [1.54, 1.807) is 6.92 Å². The van der Waals surface area contributed by atoms with Crippen molar-refractivity contribution in [1.29, 1.82) is 0 Å². The number of ether oxygens (including phenoxy) is 1. The predicted octanol–water partition coefficient (Wildman–Crippen LogP) is 2.21. The summed E-state index contributed by atoms with van der Waals surface area (Å²) in [5, 5.41) is 10.8. The van der Waals surface area contributed by atoms with Crippen molar-refractivity contribution in [2.24, 2.45) is 0 Å². The molecule has 118 valence electrons.